The summed E-state index contributed by atoms with van der Waals surface area (Å²) >= 11 is 0. The fourth-order valence-corrected chi connectivity index (χ4v) is 7.35. The number of carboxylic acids is 1. The SMILES string of the molecule is CC1CC[C@@H]2[C@H]3Cc4cccc(OCC(=O)O)c4C[C@H]3C[C@H]2OP(=O)(Oc2ccccc2)O1. The quantitative estimate of drug-likeness (QED) is 0.593. The minimum atomic E-state index is -3.78. The van der Waals surface area contributed by atoms with Crippen molar-refractivity contribution in [3.8, 4) is 11.5 Å². The van der Waals surface area contributed by atoms with Gasteiger partial charge >= 0.3 is 13.8 Å². The molecule has 1 saturated carbocycles. The molecule has 1 heterocycles. The number of aliphatic carboxylic acids is 1. The van der Waals surface area contributed by atoms with Gasteiger partial charge in [-0.25, -0.2) is 9.36 Å². The second-order valence-electron chi connectivity index (χ2n) is 9.30. The van der Waals surface area contributed by atoms with Crippen LogP contribution in [0.25, 0.3) is 0 Å². The predicted molar refractivity (Wildman–Crippen MR) is 121 cm³/mol. The number of carbonyl (C=O) groups is 1. The maximum atomic E-state index is 13.6. The highest BCUT2D eigenvalue weighted by Crippen LogP contribution is 2.59. The zero-order valence-corrected chi connectivity index (χ0v) is 19.5. The minimum absolute atomic E-state index is 0.209. The average molecular weight is 472 g/mol. The van der Waals surface area contributed by atoms with Crippen LogP contribution in [0.1, 0.15) is 37.3 Å². The Hall–Kier alpha value is -2.34. The van der Waals surface area contributed by atoms with Gasteiger partial charge in [-0.1, -0.05) is 30.3 Å². The van der Waals surface area contributed by atoms with Crippen LogP contribution in [0.15, 0.2) is 48.5 Å². The van der Waals surface area contributed by atoms with Crippen molar-refractivity contribution in [2.75, 3.05) is 6.61 Å². The number of hydrogen-bond acceptors (Lipinski definition) is 6. The van der Waals surface area contributed by atoms with Gasteiger partial charge in [0.25, 0.3) is 0 Å². The molecule has 33 heavy (non-hydrogen) atoms. The van der Waals surface area contributed by atoms with E-state index in [0.29, 0.717) is 23.3 Å². The second-order valence-corrected chi connectivity index (χ2v) is 10.8. The Morgan fingerprint density at radius 3 is 2.67 bits per heavy atom. The molecular formula is C25H29O7P. The van der Waals surface area contributed by atoms with E-state index in [9.17, 15) is 9.36 Å². The van der Waals surface area contributed by atoms with Crippen LogP contribution in [0.2, 0.25) is 0 Å². The highest BCUT2D eigenvalue weighted by atomic mass is 31.2. The summed E-state index contributed by atoms with van der Waals surface area (Å²) in [5.41, 5.74) is 2.29. The molecule has 0 spiro atoms. The Bertz CT molecular complexity index is 1060. The van der Waals surface area contributed by atoms with Crippen molar-refractivity contribution in [3.63, 3.8) is 0 Å². The first-order valence-electron chi connectivity index (χ1n) is 11.6. The van der Waals surface area contributed by atoms with E-state index in [2.05, 4.69) is 6.07 Å². The number of phosphoric acid groups is 1. The smallest absolute Gasteiger partial charge is 0.482 e. The standard InChI is InChI=1S/C25H29O7P/c1-16-10-11-20-21-12-17-6-5-9-23(29-15-25(26)27)22(17)13-18(21)14-24(20)32-33(28,30-16)31-19-7-3-2-4-8-19/h2-9,16,18,20-21,24H,10-15H2,1H3,(H,26,27)/t16?,18-,20+,21-,24+,33?/m0/s1. The zero-order chi connectivity index (χ0) is 23.0. The van der Waals surface area contributed by atoms with E-state index in [4.69, 9.17) is 23.4 Å². The second kappa shape index (κ2) is 9.13. The highest BCUT2D eigenvalue weighted by molar-refractivity contribution is 7.49. The third-order valence-corrected chi connectivity index (χ3v) is 8.69. The summed E-state index contributed by atoms with van der Waals surface area (Å²) in [5.74, 6) is 1.15. The fraction of sp³-hybridized carbons (Fsp3) is 0.480. The fourth-order valence-electron chi connectivity index (χ4n) is 5.72. The normalized spacial score (nSPS) is 33.1. The van der Waals surface area contributed by atoms with Crippen molar-refractivity contribution in [2.24, 2.45) is 17.8 Å². The van der Waals surface area contributed by atoms with E-state index in [1.807, 2.05) is 37.3 Å². The van der Waals surface area contributed by atoms with E-state index in [1.165, 1.54) is 5.56 Å². The van der Waals surface area contributed by atoms with E-state index < -0.39 is 13.8 Å². The summed E-state index contributed by atoms with van der Waals surface area (Å²) in [7, 11) is -3.78. The molecule has 8 heteroatoms. The Morgan fingerprint density at radius 1 is 1.06 bits per heavy atom. The molecule has 1 aliphatic heterocycles. The van der Waals surface area contributed by atoms with Gasteiger partial charge in [-0.2, -0.15) is 0 Å². The molecule has 2 fully saturated rings. The Labute approximate surface area is 193 Å². The van der Waals surface area contributed by atoms with Gasteiger partial charge in [0.05, 0.1) is 12.2 Å². The van der Waals surface area contributed by atoms with Gasteiger partial charge in [0.15, 0.2) is 6.61 Å². The first kappa shape index (κ1) is 22.5. The zero-order valence-electron chi connectivity index (χ0n) is 18.6. The molecule has 0 aromatic heterocycles. The van der Waals surface area contributed by atoms with Gasteiger partial charge in [-0.3, -0.25) is 9.05 Å². The lowest BCUT2D eigenvalue weighted by atomic mass is 9.73. The Morgan fingerprint density at radius 2 is 1.88 bits per heavy atom. The van der Waals surface area contributed by atoms with E-state index in [1.54, 1.807) is 12.1 Å². The number of phosphoric ester groups is 1. The Balaban J connectivity index is 1.38. The molecule has 0 radical (unpaired) electrons. The van der Waals surface area contributed by atoms with Gasteiger partial charge in [0, 0.05) is 0 Å². The molecular weight excluding hydrogens is 443 g/mol. The molecule has 7 nitrogen and oxygen atoms in total. The first-order valence-corrected chi connectivity index (χ1v) is 13.0. The summed E-state index contributed by atoms with van der Waals surface area (Å²) in [5, 5.41) is 9.01. The molecule has 0 amide bonds. The molecule has 1 saturated heterocycles. The van der Waals surface area contributed by atoms with E-state index >= 15 is 0 Å². The summed E-state index contributed by atoms with van der Waals surface area (Å²) in [6.45, 7) is 1.56. The third kappa shape index (κ3) is 4.81. The van der Waals surface area contributed by atoms with Crippen LogP contribution >= 0.6 is 7.82 Å². The van der Waals surface area contributed by atoms with Crippen LogP contribution < -0.4 is 9.26 Å². The Kier molecular flexibility index (Phi) is 6.21. The van der Waals surface area contributed by atoms with Crippen LogP contribution in [-0.2, 0) is 31.2 Å². The summed E-state index contributed by atoms with van der Waals surface area (Å²) in [4.78, 5) is 11.0. The highest BCUT2D eigenvalue weighted by Gasteiger charge is 2.50. The van der Waals surface area contributed by atoms with Crippen molar-refractivity contribution in [1.82, 2.24) is 0 Å². The summed E-state index contributed by atoms with van der Waals surface area (Å²) in [6, 6.07) is 14.9. The van der Waals surface area contributed by atoms with Gasteiger partial charge < -0.3 is 14.4 Å². The number of carboxylic acid groups (broad SMARTS) is 1. The molecule has 2 unspecified atom stereocenters. The first-order chi connectivity index (χ1) is 15.9. The number of ether oxygens (including phenoxy) is 1. The summed E-state index contributed by atoms with van der Waals surface area (Å²) in [6.07, 6.45) is 3.75. The van der Waals surface area contributed by atoms with Crippen molar-refractivity contribution in [1.29, 1.82) is 0 Å². The monoisotopic (exact) mass is 472 g/mol. The van der Waals surface area contributed by atoms with Crippen LogP contribution in [0.3, 0.4) is 0 Å². The maximum absolute atomic E-state index is 13.6. The minimum Gasteiger partial charge on any atom is -0.482 e. The maximum Gasteiger partial charge on any atom is 0.530 e. The predicted octanol–water partition coefficient (Wildman–Crippen LogP) is 5.27. The number of benzene rings is 2. The number of hydrogen-bond donors (Lipinski definition) is 1. The molecule has 5 rings (SSSR count). The van der Waals surface area contributed by atoms with Gasteiger partial charge in [0.2, 0.25) is 0 Å². The molecule has 2 aliphatic carbocycles. The van der Waals surface area contributed by atoms with Gasteiger partial charge in [-0.05, 0) is 86.1 Å². The van der Waals surface area contributed by atoms with E-state index in [0.717, 1.165) is 37.7 Å². The molecule has 1 N–H and O–H groups in total. The van der Waals surface area contributed by atoms with E-state index in [-0.39, 0.29) is 24.7 Å². The van der Waals surface area contributed by atoms with Crippen molar-refractivity contribution >= 4 is 13.8 Å². The van der Waals surface area contributed by atoms with Crippen LogP contribution in [-0.4, -0.2) is 29.9 Å². The average Bonchev–Trinajstić information content (AvgIpc) is 3.09. The largest absolute Gasteiger partial charge is 0.530 e. The number of para-hydroxylation sites is 1. The van der Waals surface area contributed by atoms with Crippen molar-refractivity contribution in [2.45, 2.75) is 51.2 Å². The molecule has 2 aromatic carbocycles. The molecule has 2 aromatic rings. The molecule has 0 bridgehead atoms. The summed E-state index contributed by atoms with van der Waals surface area (Å²) < 4.78 is 37.0. The lowest BCUT2D eigenvalue weighted by molar-refractivity contribution is -0.139. The lowest BCUT2D eigenvalue weighted by Crippen LogP contribution is -2.30. The molecule has 176 valence electrons. The van der Waals surface area contributed by atoms with Gasteiger partial charge in [0.1, 0.15) is 11.5 Å². The van der Waals surface area contributed by atoms with Gasteiger partial charge in [-0.15, -0.1) is 0 Å². The third-order valence-electron chi connectivity index (χ3n) is 7.11. The molecule has 6 atom stereocenters. The van der Waals surface area contributed by atoms with Crippen molar-refractivity contribution < 1.29 is 32.8 Å². The van der Waals surface area contributed by atoms with Crippen LogP contribution in [0.5, 0.6) is 11.5 Å². The van der Waals surface area contributed by atoms with Crippen molar-refractivity contribution in [3.05, 3.63) is 59.7 Å². The topological polar surface area (TPSA) is 91.3 Å². The van der Waals surface area contributed by atoms with Crippen LogP contribution in [0.4, 0.5) is 0 Å². The number of rotatable bonds is 5. The lowest BCUT2D eigenvalue weighted by Gasteiger charge is -2.35. The number of fused-ring (bicyclic) bond motifs is 4. The molecule has 3 aliphatic rings. The van der Waals surface area contributed by atoms with Crippen LogP contribution in [0, 0.1) is 17.8 Å².